The molecule has 118 valence electrons. The number of hydrogen-bond acceptors (Lipinski definition) is 2. The van der Waals surface area contributed by atoms with Crippen LogP contribution in [0.5, 0.6) is 0 Å². The zero-order valence-corrected chi connectivity index (χ0v) is 13.3. The SMILES string of the molecule is N#C/C(=C\c1ccccc1)C(=O)NC12CC3CC(CC(C3)C1)C2. The minimum Gasteiger partial charge on any atom is -0.346 e. The molecule has 0 spiro atoms. The number of carbonyl (C=O) groups is 1. The highest BCUT2D eigenvalue weighted by atomic mass is 16.1. The van der Waals surface area contributed by atoms with E-state index in [4.69, 9.17) is 0 Å². The molecular formula is C20H22N2O. The Morgan fingerprint density at radius 3 is 2.17 bits per heavy atom. The molecule has 0 aliphatic heterocycles. The van der Waals surface area contributed by atoms with Gasteiger partial charge in [0.15, 0.2) is 0 Å². The maximum atomic E-state index is 12.7. The van der Waals surface area contributed by atoms with E-state index in [9.17, 15) is 10.1 Å². The monoisotopic (exact) mass is 306 g/mol. The van der Waals surface area contributed by atoms with Crippen molar-refractivity contribution in [3.63, 3.8) is 0 Å². The zero-order chi connectivity index (χ0) is 15.9. The fourth-order valence-electron chi connectivity index (χ4n) is 5.44. The molecule has 0 aromatic heterocycles. The Morgan fingerprint density at radius 2 is 1.65 bits per heavy atom. The summed E-state index contributed by atoms with van der Waals surface area (Å²) < 4.78 is 0. The lowest BCUT2D eigenvalue weighted by Gasteiger charge is -2.56. The van der Waals surface area contributed by atoms with Gasteiger partial charge >= 0.3 is 0 Å². The smallest absolute Gasteiger partial charge is 0.262 e. The fourth-order valence-corrected chi connectivity index (χ4v) is 5.44. The van der Waals surface area contributed by atoms with E-state index in [2.05, 4.69) is 11.4 Å². The topological polar surface area (TPSA) is 52.9 Å². The summed E-state index contributed by atoms with van der Waals surface area (Å²) in [5.41, 5.74) is 1.06. The Kier molecular flexibility index (Phi) is 3.49. The first-order valence-corrected chi connectivity index (χ1v) is 8.65. The van der Waals surface area contributed by atoms with E-state index in [0.717, 1.165) is 42.6 Å². The van der Waals surface area contributed by atoms with Crippen molar-refractivity contribution in [2.75, 3.05) is 0 Å². The number of carbonyl (C=O) groups excluding carboxylic acids is 1. The lowest BCUT2D eigenvalue weighted by atomic mass is 9.53. The van der Waals surface area contributed by atoms with Crippen molar-refractivity contribution in [3.8, 4) is 6.07 Å². The van der Waals surface area contributed by atoms with E-state index in [0.29, 0.717) is 0 Å². The molecule has 3 nitrogen and oxygen atoms in total. The second kappa shape index (κ2) is 5.53. The molecule has 4 bridgehead atoms. The lowest BCUT2D eigenvalue weighted by Crippen LogP contribution is -2.60. The summed E-state index contributed by atoms with van der Waals surface area (Å²) in [7, 11) is 0. The molecule has 1 aromatic carbocycles. The van der Waals surface area contributed by atoms with Crippen LogP contribution in [0, 0.1) is 29.1 Å². The van der Waals surface area contributed by atoms with Crippen molar-refractivity contribution in [3.05, 3.63) is 41.5 Å². The van der Waals surface area contributed by atoms with Crippen molar-refractivity contribution in [2.45, 2.75) is 44.1 Å². The molecule has 4 saturated carbocycles. The molecule has 1 N–H and O–H groups in total. The molecule has 4 fully saturated rings. The highest BCUT2D eigenvalue weighted by Crippen LogP contribution is 2.55. The summed E-state index contributed by atoms with van der Waals surface area (Å²) in [5, 5.41) is 12.7. The van der Waals surface area contributed by atoms with Gasteiger partial charge in [-0.2, -0.15) is 5.26 Å². The van der Waals surface area contributed by atoms with Crippen LogP contribution >= 0.6 is 0 Å². The quantitative estimate of drug-likeness (QED) is 0.684. The maximum Gasteiger partial charge on any atom is 0.262 e. The standard InChI is InChI=1S/C20H22N2O/c21-13-18(9-14-4-2-1-3-5-14)19(23)22-20-10-15-6-16(11-20)8-17(7-15)12-20/h1-5,9,15-17H,6-8,10-12H2,(H,22,23)/b18-9+. The normalized spacial score (nSPS) is 34.9. The van der Waals surface area contributed by atoms with Gasteiger partial charge in [0.1, 0.15) is 11.6 Å². The Balaban J connectivity index is 1.53. The first-order valence-electron chi connectivity index (χ1n) is 8.65. The van der Waals surface area contributed by atoms with Gasteiger partial charge in [-0.25, -0.2) is 0 Å². The molecular weight excluding hydrogens is 284 g/mol. The number of nitrogens with zero attached hydrogens (tertiary/aromatic N) is 1. The Bertz CT molecular complexity index is 648. The number of nitrogens with one attached hydrogen (secondary N) is 1. The third-order valence-corrected chi connectivity index (χ3v) is 5.89. The minimum absolute atomic E-state index is 0.0432. The zero-order valence-electron chi connectivity index (χ0n) is 13.3. The average molecular weight is 306 g/mol. The number of amides is 1. The molecule has 1 aromatic rings. The summed E-state index contributed by atoms with van der Waals surface area (Å²) in [6.45, 7) is 0. The van der Waals surface area contributed by atoms with Crippen molar-refractivity contribution < 1.29 is 4.79 Å². The molecule has 23 heavy (non-hydrogen) atoms. The van der Waals surface area contributed by atoms with E-state index in [1.54, 1.807) is 6.08 Å². The van der Waals surface area contributed by atoms with Crippen LogP contribution in [0.2, 0.25) is 0 Å². The largest absolute Gasteiger partial charge is 0.346 e. The van der Waals surface area contributed by atoms with Gasteiger partial charge in [-0.1, -0.05) is 30.3 Å². The minimum atomic E-state index is -0.196. The van der Waals surface area contributed by atoms with E-state index >= 15 is 0 Å². The third-order valence-electron chi connectivity index (χ3n) is 5.89. The van der Waals surface area contributed by atoms with Crippen LogP contribution in [0.4, 0.5) is 0 Å². The molecule has 4 aliphatic rings. The molecule has 3 heteroatoms. The van der Waals surface area contributed by atoms with E-state index in [1.807, 2.05) is 30.3 Å². The Hall–Kier alpha value is -2.08. The molecule has 0 saturated heterocycles. The van der Waals surface area contributed by atoms with Crippen LogP contribution in [-0.2, 0) is 4.79 Å². The number of nitriles is 1. The third kappa shape index (κ3) is 2.79. The maximum absolute atomic E-state index is 12.7. The lowest BCUT2D eigenvalue weighted by molar-refractivity contribution is -0.122. The highest BCUT2D eigenvalue weighted by molar-refractivity contribution is 6.02. The fraction of sp³-hybridized carbons (Fsp3) is 0.500. The molecule has 0 radical (unpaired) electrons. The number of hydrogen-bond donors (Lipinski definition) is 1. The van der Waals surface area contributed by atoms with E-state index in [1.165, 1.54) is 19.3 Å². The van der Waals surface area contributed by atoms with Gasteiger partial charge in [0, 0.05) is 5.54 Å². The number of rotatable bonds is 3. The van der Waals surface area contributed by atoms with Gasteiger partial charge < -0.3 is 5.32 Å². The average Bonchev–Trinajstić information content (AvgIpc) is 2.51. The van der Waals surface area contributed by atoms with Crippen molar-refractivity contribution in [1.82, 2.24) is 5.32 Å². The second-order valence-electron chi connectivity index (χ2n) is 7.73. The van der Waals surface area contributed by atoms with Gasteiger partial charge in [-0.05, 0) is 67.9 Å². The first-order chi connectivity index (χ1) is 11.2. The predicted molar refractivity (Wildman–Crippen MR) is 89.1 cm³/mol. The van der Waals surface area contributed by atoms with Gasteiger partial charge in [-0.3, -0.25) is 4.79 Å². The molecule has 1 amide bonds. The van der Waals surface area contributed by atoms with Crippen LogP contribution in [0.3, 0.4) is 0 Å². The van der Waals surface area contributed by atoms with Gasteiger partial charge in [0.05, 0.1) is 0 Å². The summed E-state index contributed by atoms with van der Waals surface area (Å²) in [4.78, 5) is 12.7. The van der Waals surface area contributed by atoms with Crippen LogP contribution in [0.1, 0.15) is 44.1 Å². The van der Waals surface area contributed by atoms with Crippen LogP contribution in [-0.4, -0.2) is 11.4 Å². The second-order valence-corrected chi connectivity index (χ2v) is 7.73. The van der Waals surface area contributed by atoms with Gasteiger partial charge in [0.2, 0.25) is 0 Å². The van der Waals surface area contributed by atoms with E-state index < -0.39 is 0 Å². The molecule has 5 rings (SSSR count). The van der Waals surface area contributed by atoms with Crippen molar-refractivity contribution >= 4 is 12.0 Å². The summed E-state index contributed by atoms with van der Waals surface area (Å²) >= 11 is 0. The molecule has 4 aliphatic carbocycles. The van der Waals surface area contributed by atoms with Crippen molar-refractivity contribution in [2.24, 2.45) is 17.8 Å². The molecule has 0 heterocycles. The summed E-state index contributed by atoms with van der Waals surface area (Å²) in [6, 6.07) is 11.7. The molecule has 0 unspecified atom stereocenters. The Labute approximate surface area is 137 Å². The van der Waals surface area contributed by atoms with Gasteiger partial charge in [0.25, 0.3) is 5.91 Å². The Morgan fingerprint density at radius 1 is 1.09 bits per heavy atom. The van der Waals surface area contributed by atoms with Crippen LogP contribution < -0.4 is 5.32 Å². The highest BCUT2D eigenvalue weighted by Gasteiger charge is 2.51. The first kappa shape index (κ1) is 14.5. The van der Waals surface area contributed by atoms with Crippen molar-refractivity contribution in [1.29, 1.82) is 5.26 Å². The predicted octanol–water partition coefficient (Wildman–Crippen LogP) is 3.68. The van der Waals surface area contributed by atoms with Gasteiger partial charge in [-0.15, -0.1) is 0 Å². The van der Waals surface area contributed by atoms with Crippen LogP contribution in [0.25, 0.3) is 6.08 Å². The summed E-state index contributed by atoms with van der Waals surface area (Å²) in [5.74, 6) is 2.15. The molecule has 0 atom stereocenters. The van der Waals surface area contributed by atoms with Crippen LogP contribution in [0.15, 0.2) is 35.9 Å². The number of benzene rings is 1. The van der Waals surface area contributed by atoms with E-state index in [-0.39, 0.29) is 17.0 Å². The summed E-state index contributed by atoms with van der Waals surface area (Å²) in [6.07, 6.45) is 9.05.